The molecule has 0 saturated carbocycles. The van der Waals surface area contributed by atoms with E-state index in [1.807, 2.05) is 0 Å². The normalized spacial score (nSPS) is 11.0. The Morgan fingerprint density at radius 1 is 0.773 bits per heavy atom. The zero-order valence-corrected chi connectivity index (χ0v) is 11.5. The van der Waals surface area contributed by atoms with Crippen molar-refractivity contribution in [3.8, 4) is 16.9 Å². The molecule has 0 saturated heterocycles. The molecule has 3 rings (SSSR count). The van der Waals surface area contributed by atoms with Crippen LogP contribution in [0.3, 0.4) is 0 Å². The largest absolute Gasteiger partial charge is 0.497 e. The summed E-state index contributed by atoms with van der Waals surface area (Å²) in [6, 6.07) is 9.34. The first kappa shape index (κ1) is 14.4. The highest BCUT2D eigenvalue weighted by Gasteiger charge is 2.15. The molecule has 112 valence electrons. The van der Waals surface area contributed by atoms with E-state index in [4.69, 9.17) is 4.74 Å². The summed E-state index contributed by atoms with van der Waals surface area (Å²) in [7, 11) is 1.42. The lowest BCUT2D eigenvalue weighted by atomic mass is 10.00. The molecule has 0 heterocycles. The smallest absolute Gasteiger partial charge is 0.195 e. The van der Waals surface area contributed by atoms with Crippen molar-refractivity contribution >= 4 is 10.8 Å². The maximum Gasteiger partial charge on any atom is 0.195 e. The Bertz CT molecular complexity index is 874. The molecule has 0 spiro atoms. The number of rotatable bonds is 2. The van der Waals surface area contributed by atoms with Crippen LogP contribution in [0.15, 0.2) is 42.5 Å². The predicted octanol–water partition coefficient (Wildman–Crippen LogP) is 5.07. The zero-order valence-electron chi connectivity index (χ0n) is 11.5. The molecular formula is C17H10F4O. The first-order chi connectivity index (χ1) is 10.5. The van der Waals surface area contributed by atoms with Crippen molar-refractivity contribution in [1.29, 1.82) is 0 Å². The van der Waals surface area contributed by atoms with E-state index in [1.54, 1.807) is 6.07 Å². The van der Waals surface area contributed by atoms with Gasteiger partial charge in [0.15, 0.2) is 17.5 Å². The van der Waals surface area contributed by atoms with E-state index in [-0.39, 0.29) is 16.3 Å². The van der Waals surface area contributed by atoms with Gasteiger partial charge in [0.05, 0.1) is 7.11 Å². The number of methoxy groups -OCH3 is 1. The molecule has 0 radical (unpaired) electrons. The lowest BCUT2D eigenvalue weighted by Gasteiger charge is -2.08. The first-order valence-corrected chi connectivity index (χ1v) is 6.42. The fraction of sp³-hybridized carbons (Fsp3) is 0.0588. The van der Waals surface area contributed by atoms with Gasteiger partial charge in [-0.05, 0) is 35.2 Å². The maximum atomic E-state index is 14.1. The monoisotopic (exact) mass is 306 g/mol. The van der Waals surface area contributed by atoms with Crippen LogP contribution >= 0.6 is 0 Å². The van der Waals surface area contributed by atoms with Gasteiger partial charge in [0, 0.05) is 17.0 Å². The summed E-state index contributed by atoms with van der Waals surface area (Å²) in [5.41, 5.74) is 0.686. The van der Waals surface area contributed by atoms with E-state index >= 15 is 0 Å². The van der Waals surface area contributed by atoms with Gasteiger partial charge in [-0.1, -0.05) is 12.1 Å². The van der Waals surface area contributed by atoms with Crippen molar-refractivity contribution in [2.24, 2.45) is 0 Å². The van der Waals surface area contributed by atoms with Gasteiger partial charge in [0.2, 0.25) is 0 Å². The van der Waals surface area contributed by atoms with Crippen LogP contribution in [0.1, 0.15) is 0 Å². The van der Waals surface area contributed by atoms with E-state index in [0.29, 0.717) is 11.3 Å². The minimum Gasteiger partial charge on any atom is -0.497 e. The van der Waals surface area contributed by atoms with E-state index in [2.05, 4.69) is 0 Å². The van der Waals surface area contributed by atoms with Crippen molar-refractivity contribution in [2.45, 2.75) is 0 Å². The second-order valence-corrected chi connectivity index (χ2v) is 4.77. The van der Waals surface area contributed by atoms with Gasteiger partial charge in [0.1, 0.15) is 11.6 Å². The second kappa shape index (κ2) is 5.33. The van der Waals surface area contributed by atoms with Crippen LogP contribution in [0.5, 0.6) is 5.75 Å². The number of hydrogen-bond acceptors (Lipinski definition) is 1. The maximum absolute atomic E-state index is 14.1. The third-order valence-electron chi connectivity index (χ3n) is 3.46. The molecule has 0 aliphatic heterocycles. The van der Waals surface area contributed by atoms with Crippen molar-refractivity contribution in [1.82, 2.24) is 0 Å². The minimum absolute atomic E-state index is 0.0587. The Hall–Kier alpha value is -2.56. The number of ether oxygens (including phenoxy) is 1. The van der Waals surface area contributed by atoms with Gasteiger partial charge in [-0.15, -0.1) is 0 Å². The number of halogens is 4. The molecule has 0 unspecified atom stereocenters. The standard InChI is InChI=1S/C17H10F4O/c1-22-11-3-5-12(14(18)8-11)9-2-4-13-10(6-9)7-15(19)17(21)16(13)20/h2-8H,1H3. The molecule has 0 N–H and O–H groups in total. The summed E-state index contributed by atoms with van der Waals surface area (Å²) in [5, 5.41) is 0.0979. The van der Waals surface area contributed by atoms with E-state index in [1.165, 1.54) is 37.4 Å². The summed E-state index contributed by atoms with van der Waals surface area (Å²) < 4.78 is 59.2. The predicted molar refractivity (Wildman–Crippen MR) is 75.8 cm³/mol. The van der Waals surface area contributed by atoms with Gasteiger partial charge in [0.25, 0.3) is 0 Å². The van der Waals surface area contributed by atoms with Crippen LogP contribution in [0.25, 0.3) is 21.9 Å². The van der Waals surface area contributed by atoms with Crippen LogP contribution < -0.4 is 4.74 Å². The first-order valence-electron chi connectivity index (χ1n) is 6.42. The van der Waals surface area contributed by atoms with Crippen molar-refractivity contribution in [2.75, 3.05) is 7.11 Å². The Kier molecular flexibility index (Phi) is 3.48. The molecular weight excluding hydrogens is 296 g/mol. The van der Waals surface area contributed by atoms with E-state index in [0.717, 1.165) is 6.07 Å². The van der Waals surface area contributed by atoms with Gasteiger partial charge in [-0.25, -0.2) is 17.6 Å². The van der Waals surface area contributed by atoms with Crippen molar-refractivity contribution < 1.29 is 22.3 Å². The number of fused-ring (bicyclic) bond motifs is 1. The molecule has 1 nitrogen and oxygen atoms in total. The summed E-state index contributed by atoms with van der Waals surface area (Å²) in [4.78, 5) is 0. The molecule has 3 aromatic carbocycles. The number of hydrogen-bond donors (Lipinski definition) is 0. The number of benzene rings is 3. The summed E-state index contributed by atoms with van der Waals surface area (Å²) in [6.45, 7) is 0. The highest BCUT2D eigenvalue weighted by atomic mass is 19.2. The molecule has 3 aromatic rings. The average Bonchev–Trinajstić information content (AvgIpc) is 2.52. The highest BCUT2D eigenvalue weighted by Crippen LogP contribution is 2.31. The Labute approximate surface area is 123 Å². The van der Waals surface area contributed by atoms with Crippen molar-refractivity contribution in [3.05, 3.63) is 65.7 Å². The average molecular weight is 306 g/mol. The van der Waals surface area contributed by atoms with E-state index < -0.39 is 23.3 Å². The van der Waals surface area contributed by atoms with Crippen LogP contribution in [0.4, 0.5) is 17.6 Å². The molecule has 5 heteroatoms. The summed E-state index contributed by atoms with van der Waals surface area (Å²) in [6.07, 6.45) is 0. The SMILES string of the molecule is COc1ccc(-c2ccc3c(F)c(F)c(F)cc3c2)c(F)c1. The highest BCUT2D eigenvalue weighted by molar-refractivity contribution is 5.88. The van der Waals surface area contributed by atoms with Crippen LogP contribution in [-0.4, -0.2) is 7.11 Å². The molecule has 0 atom stereocenters. The third-order valence-corrected chi connectivity index (χ3v) is 3.46. The molecule has 0 bridgehead atoms. The van der Waals surface area contributed by atoms with Crippen molar-refractivity contribution in [3.63, 3.8) is 0 Å². The Morgan fingerprint density at radius 2 is 1.55 bits per heavy atom. The van der Waals surface area contributed by atoms with Gasteiger partial charge in [-0.2, -0.15) is 0 Å². The molecule has 0 aromatic heterocycles. The minimum atomic E-state index is -1.52. The van der Waals surface area contributed by atoms with Crippen LogP contribution in [0, 0.1) is 23.3 Å². The van der Waals surface area contributed by atoms with Crippen LogP contribution in [0.2, 0.25) is 0 Å². The molecule has 22 heavy (non-hydrogen) atoms. The summed E-state index contributed by atoms with van der Waals surface area (Å²) >= 11 is 0. The molecule has 0 aliphatic rings. The van der Waals surface area contributed by atoms with E-state index in [9.17, 15) is 17.6 Å². The third kappa shape index (κ3) is 2.28. The Morgan fingerprint density at radius 3 is 2.23 bits per heavy atom. The second-order valence-electron chi connectivity index (χ2n) is 4.77. The topological polar surface area (TPSA) is 9.23 Å². The molecule has 0 aliphatic carbocycles. The fourth-order valence-electron chi connectivity index (χ4n) is 2.33. The quantitative estimate of drug-likeness (QED) is 0.474. The molecule has 0 fully saturated rings. The van der Waals surface area contributed by atoms with Gasteiger partial charge < -0.3 is 4.74 Å². The fourth-order valence-corrected chi connectivity index (χ4v) is 2.33. The Balaban J connectivity index is 2.19. The van der Waals surface area contributed by atoms with Gasteiger partial charge >= 0.3 is 0 Å². The molecule has 0 amide bonds. The van der Waals surface area contributed by atoms with Crippen LogP contribution in [-0.2, 0) is 0 Å². The lowest BCUT2D eigenvalue weighted by molar-refractivity contribution is 0.411. The lowest BCUT2D eigenvalue weighted by Crippen LogP contribution is -1.93. The zero-order chi connectivity index (χ0) is 15.9. The summed E-state index contributed by atoms with van der Waals surface area (Å²) in [5.74, 6) is -4.21. The van der Waals surface area contributed by atoms with Gasteiger partial charge in [-0.3, -0.25) is 0 Å².